The van der Waals surface area contributed by atoms with E-state index >= 15 is 0 Å². The average Bonchev–Trinajstić information content (AvgIpc) is 2.99. The van der Waals surface area contributed by atoms with E-state index in [1.807, 2.05) is 25.3 Å². The summed E-state index contributed by atoms with van der Waals surface area (Å²) in [4.78, 5) is 32.9. The van der Waals surface area contributed by atoms with Crippen molar-refractivity contribution in [3.8, 4) is 0 Å². The van der Waals surface area contributed by atoms with Gasteiger partial charge in [0.1, 0.15) is 16.2 Å². The van der Waals surface area contributed by atoms with Crippen LogP contribution in [0.15, 0.2) is 22.8 Å². The first-order valence-corrected chi connectivity index (χ1v) is 9.12. The van der Waals surface area contributed by atoms with Crippen molar-refractivity contribution in [1.29, 1.82) is 0 Å². The van der Waals surface area contributed by atoms with E-state index in [1.165, 1.54) is 29.4 Å². The lowest BCUT2D eigenvalue weighted by Crippen LogP contribution is -2.37. The number of esters is 1. The number of carbonyl (C=O) groups is 2. The molecule has 0 aromatic carbocycles. The third kappa shape index (κ3) is 5.18. The zero-order chi connectivity index (χ0) is 16.8. The molecule has 0 radical (unpaired) electrons. The zero-order valence-corrected chi connectivity index (χ0v) is 14.9. The second-order valence-electron chi connectivity index (χ2n) is 5.38. The summed E-state index contributed by atoms with van der Waals surface area (Å²) in [6, 6.07) is 1.93. The highest BCUT2D eigenvalue weighted by Gasteiger charge is 2.18. The van der Waals surface area contributed by atoms with Crippen LogP contribution in [-0.2, 0) is 14.3 Å². The molecule has 0 aliphatic heterocycles. The Labute approximate surface area is 143 Å². The van der Waals surface area contributed by atoms with E-state index in [2.05, 4.69) is 15.3 Å². The predicted molar refractivity (Wildman–Crippen MR) is 91.5 cm³/mol. The van der Waals surface area contributed by atoms with Crippen molar-refractivity contribution in [2.45, 2.75) is 31.9 Å². The molecule has 1 N–H and O–H groups in total. The van der Waals surface area contributed by atoms with Gasteiger partial charge in [-0.05, 0) is 24.3 Å². The molecule has 0 aliphatic carbocycles. The number of carbonyl (C=O) groups excluding carboxylic acids is 2. The lowest BCUT2D eigenvalue weighted by Gasteiger charge is -2.14. The van der Waals surface area contributed by atoms with Crippen LogP contribution in [0.3, 0.4) is 0 Å². The number of ether oxygens (including phenoxy) is 1. The number of fused-ring (bicyclic) bond motifs is 1. The highest BCUT2D eigenvalue weighted by Crippen LogP contribution is 2.27. The van der Waals surface area contributed by atoms with Gasteiger partial charge >= 0.3 is 5.97 Å². The smallest absolute Gasteiger partial charge is 0.317 e. The molecule has 0 spiro atoms. The molecule has 2 heterocycles. The topological polar surface area (TPSA) is 81.2 Å². The molecule has 0 fully saturated rings. The first-order valence-electron chi connectivity index (χ1n) is 7.25. The van der Waals surface area contributed by atoms with E-state index in [9.17, 15) is 9.59 Å². The summed E-state index contributed by atoms with van der Waals surface area (Å²) in [7, 11) is 0. The van der Waals surface area contributed by atoms with Gasteiger partial charge in [-0.3, -0.25) is 9.59 Å². The number of amides is 1. The molecule has 0 aliphatic rings. The molecule has 0 bridgehead atoms. The molecule has 0 saturated heterocycles. The first-order chi connectivity index (χ1) is 11.0. The van der Waals surface area contributed by atoms with E-state index in [0.717, 1.165) is 15.2 Å². The maximum Gasteiger partial charge on any atom is 0.317 e. The monoisotopic (exact) mass is 353 g/mol. The Morgan fingerprint density at radius 3 is 2.87 bits per heavy atom. The molecule has 8 heteroatoms. The normalized spacial score (nSPS) is 12.3. The van der Waals surface area contributed by atoms with Gasteiger partial charge in [0.15, 0.2) is 6.10 Å². The highest BCUT2D eigenvalue weighted by molar-refractivity contribution is 8.00. The molecule has 0 saturated carbocycles. The second kappa shape index (κ2) is 8.26. The van der Waals surface area contributed by atoms with Crippen LogP contribution in [0.2, 0.25) is 0 Å². The number of thioether (sulfide) groups is 1. The van der Waals surface area contributed by atoms with E-state index in [4.69, 9.17) is 4.74 Å². The van der Waals surface area contributed by atoms with Crippen LogP contribution in [0.25, 0.3) is 10.2 Å². The predicted octanol–water partition coefficient (Wildman–Crippen LogP) is 2.49. The summed E-state index contributed by atoms with van der Waals surface area (Å²) >= 11 is 2.81. The summed E-state index contributed by atoms with van der Waals surface area (Å²) in [6.07, 6.45) is 0.683. The van der Waals surface area contributed by atoms with Gasteiger partial charge in [-0.25, -0.2) is 9.97 Å². The lowest BCUT2D eigenvalue weighted by atomic mass is 10.2. The third-order valence-electron chi connectivity index (χ3n) is 2.91. The summed E-state index contributed by atoms with van der Waals surface area (Å²) in [5.74, 6) is -0.268. The Bertz CT molecular complexity index is 687. The fourth-order valence-corrected chi connectivity index (χ4v) is 3.30. The van der Waals surface area contributed by atoms with Crippen molar-refractivity contribution < 1.29 is 14.3 Å². The molecular weight excluding hydrogens is 334 g/mol. The second-order valence-corrected chi connectivity index (χ2v) is 7.24. The van der Waals surface area contributed by atoms with E-state index in [0.29, 0.717) is 12.5 Å². The summed E-state index contributed by atoms with van der Waals surface area (Å²) in [5, 5.41) is 6.34. The van der Waals surface area contributed by atoms with Gasteiger partial charge in [-0.1, -0.05) is 25.6 Å². The molecular formula is C15H19N3O3S2. The highest BCUT2D eigenvalue weighted by atomic mass is 32.2. The SMILES string of the molecule is CC(C)CNC(=O)[C@H](C)OC(=O)CSc1ncnc2sccc12. The number of thiophene rings is 1. The molecule has 2 aromatic heterocycles. The number of hydrogen-bond donors (Lipinski definition) is 1. The third-order valence-corrected chi connectivity index (χ3v) is 4.71. The van der Waals surface area contributed by atoms with Crippen molar-refractivity contribution in [3.05, 3.63) is 17.8 Å². The fourth-order valence-electron chi connectivity index (χ4n) is 1.74. The molecule has 1 atom stereocenters. The van der Waals surface area contributed by atoms with E-state index < -0.39 is 12.1 Å². The minimum atomic E-state index is -0.798. The maximum atomic E-state index is 11.9. The molecule has 6 nitrogen and oxygen atoms in total. The molecule has 2 rings (SSSR count). The summed E-state index contributed by atoms with van der Waals surface area (Å²) < 4.78 is 5.15. The van der Waals surface area contributed by atoms with Crippen molar-refractivity contribution in [3.63, 3.8) is 0 Å². The minimum Gasteiger partial charge on any atom is -0.452 e. The zero-order valence-electron chi connectivity index (χ0n) is 13.2. The Kier molecular flexibility index (Phi) is 6.35. The summed E-state index contributed by atoms with van der Waals surface area (Å²) in [5.41, 5.74) is 0. The van der Waals surface area contributed by atoms with Gasteiger partial charge in [0.2, 0.25) is 0 Å². The number of hydrogen-bond acceptors (Lipinski definition) is 7. The molecule has 2 aromatic rings. The van der Waals surface area contributed by atoms with Crippen LogP contribution in [-0.4, -0.2) is 40.2 Å². The van der Waals surface area contributed by atoms with Gasteiger partial charge < -0.3 is 10.1 Å². The standard InChI is InChI=1S/C15H19N3O3S2/c1-9(2)6-16-13(20)10(3)21-12(19)7-23-15-11-4-5-22-14(11)17-8-18-15/h4-5,8-10H,6-7H2,1-3H3,(H,16,20)/t10-/m0/s1. The Balaban J connectivity index is 1.83. The minimum absolute atomic E-state index is 0.101. The number of nitrogens with one attached hydrogen (secondary N) is 1. The van der Waals surface area contributed by atoms with Crippen LogP contribution >= 0.6 is 23.1 Å². The van der Waals surface area contributed by atoms with Gasteiger partial charge in [0, 0.05) is 11.9 Å². The molecule has 23 heavy (non-hydrogen) atoms. The first kappa shape index (κ1) is 17.7. The number of nitrogens with zero attached hydrogens (tertiary/aromatic N) is 2. The van der Waals surface area contributed by atoms with Gasteiger partial charge in [0.25, 0.3) is 5.91 Å². The largest absolute Gasteiger partial charge is 0.452 e. The number of aromatic nitrogens is 2. The van der Waals surface area contributed by atoms with E-state index in [1.54, 1.807) is 6.92 Å². The fraction of sp³-hybridized carbons (Fsp3) is 0.467. The lowest BCUT2D eigenvalue weighted by molar-refractivity contribution is -0.152. The van der Waals surface area contributed by atoms with Crippen LogP contribution < -0.4 is 5.32 Å². The molecule has 0 unspecified atom stereocenters. The molecule has 1 amide bonds. The Morgan fingerprint density at radius 1 is 1.35 bits per heavy atom. The van der Waals surface area contributed by atoms with Gasteiger partial charge in [-0.2, -0.15) is 0 Å². The van der Waals surface area contributed by atoms with Crippen LogP contribution in [0.1, 0.15) is 20.8 Å². The quantitative estimate of drug-likeness (QED) is 0.468. The van der Waals surface area contributed by atoms with Crippen LogP contribution in [0.4, 0.5) is 0 Å². The van der Waals surface area contributed by atoms with Crippen molar-refractivity contribution in [2.24, 2.45) is 5.92 Å². The van der Waals surface area contributed by atoms with Crippen molar-refractivity contribution in [1.82, 2.24) is 15.3 Å². The van der Waals surface area contributed by atoms with Crippen molar-refractivity contribution in [2.75, 3.05) is 12.3 Å². The maximum absolute atomic E-state index is 11.9. The van der Waals surface area contributed by atoms with Gasteiger partial charge in [-0.15, -0.1) is 11.3 Å². The van der Waals surface area contributed by atoms with Gasteiger partial charge in [0.05, 0.1) is 5.75 Å². The Morgan fingerprint density at radius 2 is 2.13 bits per heavy atom. The Hall–Kier alpha value is -1.67. The average molecular weight is 353 g/mol. The van der Waals surface area contributed by atoms with E-state index in [-0.39, 0.29) is 11.7 Å². The van der Waals surface area contributed by atoms with Crippen LogP contribution in [0.5, 0.6) is 0 Å². The molecule has 124 valence electrons. The van der Waals surface area contributed by atoms with Crippen molar-refractivity contribution >= 4 is 45.2 Å². The van der Waals surface area contributed by atoms with Crippen LogP contribution in [0, 0.1) is 5.92 Å². The number of rotatable bonds is 7. The summed E-state index contributed by atoms with van der Waals surface area (Å²) in [6.45, 7) is 6.13.